The van der Waals surface area contributed by atoms with Crippen molar-refractivity contribution in [2.75, 3.05) is 19.8 Å². The molecule has 6 heteroatoms. The Morgan fingerprint density at radius 3 is 1.42 bits per heavy atom. The Bertz CT molecular complexity index is 252. The van der Waals surface area contributed by atoms with Gasteiger partial charge in [-0.25, -0.2) is 0 Å². The highest BCUT2D eigenvalue weighted by Gasteiger charge is 2.50. The van der Waals surface area contributed by atoms with Gasteiger partial charge in [0.05, 0.1) is 0 Å². The fraction of sp³-hybridized carbons (Fsp3) is 1.00. The molecule has 0 aliphatic carbocycles. The molecular weight excluding hydrogens is 324 g/mol. The maximum absolute atomic E-state index is 9.97. The summed E-state index contributed by atoms with van der Waals surface area (Å²) in [4.78, 5) is 0. The third kappa shape index (κ3) is 9.49. The molecule has 0 spiro atoms. The number of ether oxygens (including phenoxy) is 1. The molecule has 0 saturated carbocycles. The van der Waals surface area contributed by atoms with Gasteiger partial charge in [-0.15, -0.1) is 0 Å². The summed E-state index contributed by atoms with van der Waals surface area (Å²) in [7, 11) is -3.00. The van der Waals surface area contributed by atoms with E-state index in [9.17, 15) is 5.11 Å². The van der Waals surface area contributed by atoms with Gasteiger partial charge in [-0.05, 0) is 32.1 Å². The van der Waals surface area contributed by atoms with E-state index in [0.29, 0.717) is 32.7 Å². The minimum absolute atomic E-state index is 0.321. The topological polar surface area (TPSA) is 57.2 Å². The van der Waals surface area contributed by atoms with Crippen LogP contribution >= 0.6 is 0 Å². The molecule has 0 rings (SSSR count). The van der Waals surface area contributed by atoms with Gasteiger partial charge in [0.1, 0.15) is 5.73 Å². The molecule has 0 heterocycles. The van der Waals surface area contributed by atoms with Gasteiger partial charge < -0.3 is 23.1 Å². The molecule has 0 aliphatic rings. The van der Waals surface area contributed by atoms with Crippen molar-refractivity contribution in [3.8, 4) is 0 Å². The van der Waals surface area contributed by atoms with Crippen LogP contribution in [0.4, 0.5) is 0 Å². The lowest BCUT2D eigenvalue weighted by Gasteiger charge is -2.36. The second kappa shape index (κ2) is 15.3. The summed E-state index contributed by atoms with van der Waals surface area (Å²) in [5.74, 6) is 0. The third-order valence-electron chi connectivity index (χ3n) is 3.84. The molecule has 5 nitrogen and oxygen atoms in total. The molecule has 0 radical (unpaired) electrons. The van der Waals surface area contributed by atoms with Gasteiger partial charge in [-0.2, -0.15) is 0 Å². The molecule has 0 aromatic rings. The van der Waals surface area contributed by atoms with Gasteiger partial charge >= 0.3 is 8.80 Å². The Labute approximate surface area is 150 Å². The van der Waals surface area contributed by atoms with E-state index < -0.39 is 15.1 Å². The first-order chi connectivity index (χ1) is 11.6. The van der Waals surface area contributed by atoms with E-state index in [2.05, 4.69) is 20.8 Å². The first kappa shape index (κ1) is 24.0. The van der Waals surface area contributed by atoms with Crippen LogP contribution in [0.15, 0.2) is 0 Å². The van der Waals surface area contributed by atoms with Crippen molar-refractivity contribution in [2.45, 2.75) is 98.0 Å². The fourth-order valence-electron chi connectivity index (χ4n) is 2.20. The second-order valence-electron chi connectivity index (χ2n) is 6.11. The van der Waals surface area contributed by atoms with Crippen LogP contribution in [0.1, 0.15) is 86.0 Å². The SMILES string of the molecule is CCCCO[Si](OCCCC)(OCCCC)C(CC)OC(O)CC. The van der Waals surface area contributed by atoms with Crippen molar-refractivity contribution >= 4 is 8.80 Å². The predicted octanol–water partition coefficient (Wildman–Crippen LogP) is 4.44. The largest absolute Gasteiger partial charge is 0.531 e. The van der Waals surface area contributed by atoms with E-state index >= 15 is 0 Å². The molecule has 0 bridgehead atoms. The monoisotopic (exact) mass is 364 g/mol. The lowest BCUT2D eigenvalue weighted by atomic mass is 10.4. The molecule has 0 aromatic carbocycles. The Morgan fingerprint density at radius 2 is 1.12 bits per heavy atom. The Morgan fingerprint density at radius 1 is 0.708 bits per heavy atom. The number of rotatable bonds is 17. The zero-order valence-corrected chi connectivity index (χ0v) is 17.5. The van der Waals surface area contributed by atoms with Crippen LogP contribution in [0.2, 0.25) is 0 Å². The molecule has 1 N–H and O–H groups in total. The average Bonchev–Trinajstić information content (AvgIpc) is 2.59. The zero-order chi connectivity index (χ0) is 18.3. The van der Waals surface area contributed by atoms with Crippen LogP contribution in [0.25, 0.3) is 0 Å². The predicted molar refractivity (Wildman–Crippen MR) is 99.8 cm³/mol. The first-order valence-corrected chi connectivity index (χ1v) is 11.7. The standard InChI is InChI=1S/C18H40O5Si/c1-6-11-14-20-24(21-15-12-7-2,22-16-13-8-3)18(10-5)23-17(19)9-4/h17-19H,6-16H2,1-5H3. The number of unbranched alkanes of at least 4 members (excludes halogenated alkanes) is 3. The third-order valence-corrected chi connectivity index (χ3v) is 6.99. The lowest BCUT2D eigenvalue weighted by Crippen LogP contribution is -2.58. The molecule has 0 fully saturated rings. The van der Waals surface area contributed by atoms with Crippen LogP contribution in [0, 0.1) is 0 Å². The van der Waals surface area contributed by atoms with Gasteiger partial charge in [0.2, 0.25) is 0 Å². The summed E-state index contributed by atoms with van der Waals surface area (Å²) in [6.45, 7) is 12.2. The molecule has 0 amide bonds. The summed E-state index contributed by atoms with van der Waals surface area (Å²) >= 11 is 0. The molecular formula is C18H40O5Si. The number of aliphatic hydroxyl groups excluding tert-OH is 1. The maximum atomic E-state index is 9.97. The zero-order valence-electron chi connectivity index (χ0n) is 16.5. The minimum atomic E-state index is -3.00. The normalized spacial score (nSPS) is 14.8. The second-order valence-corrected chi connectivity index (χ2v) is 8.82. The van der Waals surface area contributed by atoms with Gasteiger partial charge in [-0.1, -0.05) is 53.9 Å². The highest BCUT2D eigenvalue weighted by atomic mass is 28.4. The van der Waals surface area contributed by atoms with E-state index in [0.717, 1.165) is 38.5 Å². The van der Waals surface area contributed by atoms with Gasteiger partial charge in [0.25, 0.3) is 0 Å². The smallest absolute Gasteiger partial charge is 0.372 e. The van der Waals surface area contributed by atoms with E-state index in [1.54, 1.807) is 0 Å². The molecule has 2 unspecified atom stereocenters. The minimum Gasteiger partial charge on any atom is -0.372 e. The van der Waals surface area contributed by atoms with Crippen LogP contribution in [0.3, 0.4) is 0 Å². The lowest BCUT2D eigenvalue weighted by molar-refractivity contribution is -0.139. The Hall–Kier alpha value is 0.0169. The summed E-state index contributed by atoms with van der Waals surface area (Å²) < 4.78 is 24.5. The van der Waals surface area contributed by atoms with Crippen molar-refractivity contribution < 1.29 is 23.1 Å². The van der Waals surface area contributed by atoms with Gasteiger partial charge in [0.15, 0.2) is 6.29 Å². The van der Waals surface area contributed by atoms with Crippen molar-refractivity contribution in [2.24, 2.45) is 0 Å². The molecule has 146 valence electrons. The van der Waals surface area contributed by atoms with Gasteiger partial charge in [0, 0.05) is 19.8 Å². The Balaban J connectivity index is 5.19. The molecule has 0 saturated heterocycles. The van der Waals surface area contributed by atoms with Crippen molar-refractivity contribution in [1.29, 1.82) is 0 Å². The van der Waals surface area contributed by atoms with E-state index in [1.807, 2.05) is 13.8 Å². The summed E-state index contributed by atoms with van der Waals surface area (Å²) in [6, 6.07) is 0. The number of aliphatic hydroxyl groups is 1. The highest BCUT2D eigenvalue weighted by Crippen LogP contribution is 2.24. The van der Waals surface area contributed by atoms with Crippen LogP contribution in [-0.2, 0) is 18.0 Å². The van der Waals surface area contributed by atoms with E-state index in [4.69, 9.17) is 18.0 Å². The molecule has 0 aromatic heterocycles. The fourth-order valence-corrected chi connectivity index (χ4v) is 5.11. The van der Waals surface area contributed by atoms with Crippen molar-refractivity contribution in [1.82, 2.24) is 0 Å². The average molecular weight is 365 g/mol. The first-order valence-electron chi connectivity index (χ1n) is 9.85. The summed E-state index contributed by atoms with van der Waals surface area (Å²) in [6.07, 6.45) is 6.52. The van der Waals surface area contributed by atoms with Gasteiger partial charge in [-0.3, -0.25) is 0 Å². The number of hydrogen-bond donors (Lipinski definition) is 1. The quantitative estimate of drug-likeness (QED) is 0.235. The van der Waals surface area contributed by atoms with E-state index in [1.165, 1.54) is 0 Å². The highest BCUT2D eigenvalue weighted by molar-refractivity contribution is 6.62. The van der Waals surface area contributed by atoms with Crippen LogP contribution < -0.4 is 0 Å². The van der Waals surface area contributed by atoms with Crippen molar-refractivity contribution in [3.05, 3.63) is 0 Å². The van der Waals surface area contributed by atoms with E-state index in [-0.39, 0.29) is 5.73 Å². The molecule has 24 heavy (non-hydrogen) atoms. The number of hydrogen-bond acceptors (Lipinski definition) is 5. The van der Waals surface area contributed by atoms with Crippen LogP contribution in [-0.4, -0.2) is 45.7 Å². The summed E-state index contributed by atoms with van der Waals surface area (Å²) in [5, 5.41) is 9.97. The summed E-state index contributed by atoms with van der Waals surface area (Å²) in [5.41, 5.74) is -0.321. The Kier molecular flexibility index (Phi) is 15.3. The molecule has 2 atom stereocenters. The molecule has 0 aliphatic heterocycles. The van der Waals surface area contributed by atoms with Crippen molar-refractivity contribution in [3.63, 3.8) is 0 Å². The van der Waals surface area contributed by atoms with Crippen LogP contribution in [0.5, 0.6) is 0 Å². The maximum Gasteiger partial charge on any atom is 0.531 e.